The van der Waals surface area contributed by atoms with Crippen LogP contribution >= 0.6 is 22.7 Å². The van der Waals surface area contributed by atoms with Crippen LogP contribution in [0.4, 0.5) is 5.69 Å². The molecule has 3 heterocycles. The number of nitrogens with two attached hydrogens (primary N) is 1. The predicted octanol–water partition coefficient (Wildman–Crippen LogP) is 5.80. The van der Waals surface area contributed by atoms with Crippen LogP contribution in [-0.4, -0.2) is 13.2 Å². The Kier molecular flexibility index (Phi) is 4.41. The highest BCUT2D eigenvalue weighted by atomic mass is 32.1. The summed E-state index contributed by atoms with van der Waals surface area (Å²) in [4.78, 5) is 4.89. The molecule has 3 nitrogen and oxygen atoms in total. The van der Waals surface area contributed by atoms with E-state index in [4.69, 9.17) is 15.2 Å². The standard InChI is InChI=1S/C20H21NO2S2/c1-20(2)11-22-19(23-12-20)18-10-9-17(25-18)16-8-7-15(24-16)13-3-5-14(21)6-4-13/h3-10,19H,11-12,21H2,1-2H3. The van der Waals surface area contributed by atoms with E-state index < -0.39 is 0 Å². The topological polar surface area (TPSA) is 44.5 Å². The third-order valence-electron chi connectivity index (χ3n) is 4.15. The summed E-state index contributed by atoms with van der Waals surface area (Å²) in [5, 5.41) is 0. The number of benzene rings is 1. The molecule has 1 fully saturated rings. The monoisotopic (exact) mass is 371 g/mol. The van der Waals surface area contributed by atoms with Crippen molar-refractivity contribution in [1.29, 1.82) is 0 Å². The van der Waals surface area contributed by atoms with Crippen molar-refractivity contribution < 1.29 is 9.47 Å². The van der Waals surface area contributed by atoms with E-state index in [2.05, 4.69) is 50.2 Å². The van der Waals surface area contributed by atoms with Gasteiger partial charge < -0.3 is 15.2 Å². The van der Waals surface area contributed by atoms with E-state index in [-0.39, 0.29) is 11.7 Å². The molecule has 0 amide bonds. The van der Waals surface area contributed by atoms with E-state index in [0.29, 0.717) is 0 Å². The molecule has 3 aromatic rings. The van der Waals surface area contributed by atoms with Crippen molar-refractivity contribution in [3.8, 4) is 20.2 Å². The molecular weight excluding hydrogens is 350 g/mol. The first-order chi connectivity index (χ1) is 12.0. The lowest BCUT2D eigenvalue weighted by Crippen LogP contribution is -2.33. The van der Waals surface area contributed by atoms with Gasteiger partial charge in [-0.1, -0.05) is 26.0 Å². The minimum absolute atomic E-state index is 0.0956. The molecule has 2 N–H and O–H groups in total. The lowest BCUT2D eigenvalue weighted by molar-refractivity contribution is -0.224. The van der Waals surface area contributed by atoms with Gasteiger partial charge in [-0.3, -0.25) is 0 Å². The largest absolute Gasteiger partial charge is 0.399 e. The molecule has 0 atom stereocenters. The zero-order chi connectivity index (χ0) is 17.4. The van der Waals surface area contributed by atoms with Crippen molar-refractivity contribution in [3.05, 3.63) is 53.4 Å². The summed E-state index contributed by atoms with van der Waals surface area (Å²) in [7, 11) is 0. The molecule has 0 saturated carbocycles. The Hall–Kier alpha value is -1.66. The first-order valence-electron chi connectivity index (χ1n) is 8.29. The third kappa shape index (κ3) is 3.65. The van der Waals surface area contributed by atoms with Gasteiger partial charge in [0.2, 0.25) is 0 Å². The molecular formula is C20H21NO2S2. The van der Waals surface area contributed by atoms with Crippen LogP contribution in [0.25, 0.3) is 20.2 Å². The second kappa shape index (κ2) is 6.57. The number of rotatable bonds is 3. The SMILES string of the molecule is CC1(C)COC(c2ccc(-c3ccc(-c4ccc(N)cc4)s3)s2)OC1. The number of anilines is 1. The summed E-state index contributed by atoms with van der Waals surface area (Å²) in [5.41, 5.74) is 7.86. The quantitative estimate of drug-likeness (QED) is 0.592. The number of thiophene rings is 2. The van der Waals surface area contributed by atoms with Crippen molar-refractivity contribution in [1.82, 2.24) is 0 Å². The van der Waals surface area contributed by atoms with E-state index in [1.54, 1.807) is 22.7 Å². The van der Waals surface area contributed by atoms with Gasteiger partial charge >= 0.3 is 0 Å². The fraction of sp³-hybridized carbons (Fsp3) is 0.300. The molecule has 0 bridgehead atoms. The predicted molar refractivity (Wildman–Crippen MR) is 106 cm³/mol. The maximum atomic E-state index is 5.89. The van der Waals surface area contributed by atoms with Gasteiger partial charge in [-0.25, -0.2) is 0 Å². The zero-order valence-electron chi connectivity index (χ0n) is 14.3. The smallest absolute Gasteiger partial charge is 0.193 e. The fourth-order valence-corrected chi connectivity index (χ4v) is 4.85. The second-order valence-electron chi connectivity index (χ2n) is 7.11. The van der Waals surface area contributed by atoms with E-state index in [1.165, 1.54) is 20.2 Å². The van der Waals surface area contributed by atoms with Gasteiger partial charge in [0.15, 0.2) is 6.29 Å². The Balaban J connectivity index is 1.52. The molecule has 0 spiro atoms. The summed E-state index contributed by atoms with van der Waals surface area (Å²) >= 11 is 3.54. The fourth-order valence-electron chi connectivity index (χ4n) is 2.74. The summed E-state index contributed by atoms with van der Waals surface area (Å²) in [6, 6.07) is 16.6. The number of nitrogen functional groups attached to an aromatic ring is 1. The van der Waals surface area contributed by atoms with Crippen molar-refractivity contribution in [2.45, 2.75) is 20.1 Å². The maximum Gasteiger partial charge on any atom is 0.193 e. The molecule has 4 rings (SSSR count). The second-order valence-corrected chi connectivity index (χ2v) is 9.31. The van der Waals surface area contributed by atoms with E-state index >= 15 is 0 Å². The highest BCUT2D eigenvalue weighted by molar-refractivity contribution is 7.23. The van der Waals surface area contributed by atoms with Crippen molar-refractivity contribution in [3.63, 3.8) is 0 Å². The molecule has 1 aliphatic heterocycles. The van der Waals surface area contributed by atoms with Crippen molar-refractivity contribution in [2.24, 2.45) is 5.41 Å². The van der Waals surface area contributed by atoms with Gasteiger partial charge in [-0.15, -0.1) is 22.7 Å². The van der Waals surface area contributed by atoms with Gasteiger partial charge in [0, 0.05) is 25.7 Å². The van der Waals surface area contributed by atoms with Crippen LogP contribution in [0, 0.1) is 5.41 Å². The molecule has 1 aliphatic rings. The first-order valence-corrected chi connectivity index (χ1v) is 9.93. The molecule has 1 saturated heterocycles. The summed E-state index contributed by atoms with van der Waals surface area (Å²) in [6.07, 6.45) is -0.233. The van der Waals surface area contributed by atoms with E-state index in [0.717, 1.165) is 23.8 Å². The van der Waals surface area contributed by atoms with Crippen LogP contribution in [0.5, 0.6) is 0 Å². The summed E-state index contributed by atoms with van der Waals surface area (Å²) in [6.45, 7) is 5.78. The Bertz CT molecular complexity index is 854. The van der Waals surface area contributed by atoms with Crippen LogP contribution < -0.4 is 5.73 Å². The van der Waals surface area contributed by atoms with Crippen LogP contribution in [-0.2, 0) is 9.47 Å². The molecule has 1 aromatic carbocycles. The van der Waals surface area contributed by atoms with Crippen molar-refractivity contribution >= 4 is 28.4 Å². The van der Waals surface area contributed by atoms with Crippen LogP contribution in [0.3, 0.4) is 0 Å². The molecule has 5 heteroatoms. The van der Waals surface area contributed by atoms with Crippen molar-refractivity contribution in [2.75, 3.05) is 18.9 Å². The summed E-state index contributed by atoms with van der Waals surface area (Å²) < 4.78 is 11.8. The zero-order valence-corrected chi connectivity index (χ0v) is 16.0. The highest BCUT2D eigenvalue weighted by Crippen LogP contribution is 2.41. The number of hydrogen-bond donors (Lipinski definition) is 1. The number of ether oxygens (including phenoxy) is 2. The van der Waals surface area contributed by atoms with E-state index in [1.807, 2.05) is 12.1 Å². The maximum absolute atomic E-state index is 5.89. The molecule has 0 radical (unpaired) electrons. The average Bonchev–Trinajstić information content (AvgIpc) is 3.24. The minimum atomic E-state index is -0.233. The van der Waals surface area contributed by atoms with Gasteiger partial charge in [0.1, 0.15) is 0 Å². The summed E-state index contributed by atoms with van der Waals surface area (Å²) in [5.74, 6) is 0. The van der Waals surface area contributed by atoms with Crippen LogP contribution in [0.15, 0.2) is 48.5 Å². The van der Waals surface area contributed by atoms with Gasteiger partial charge in [0.05, 0.1) is 18.1 Å². The average molecular weight is 372 g/mol. The molecule has 25 heavy (non-hydrogen) atoms. The molecule has 130 valence electrons. The third-order valence-corrected chi connectivity index (χ3v) is 6.59. The molecule has 0 aliphatic carbocycles. The first kappa shape index (κ1) is 16.8. The lowest BCUT2D eigenvalue weighted by Gasteiger charge is -2.34. The molecule has 0 unspecified atom stereocenters. The number of hydrogen-bond acceptors (Lipinski definition) is 5. The Morgan fingerprint density at radius 3 is 2.16 bits per heavy atom. The van der Waals surface area contributed by atoms with Crippen LogP contribution in [0.1, 0.15) is 25.0 Å². The highest BCUT2D eigenvalue weighted by Gasteiger charge is 2.30. The van der Waals surface area contributed by atoms with Crippen LogP contribution in [0.2, 0.25) is 0 Å². The Labute approximate surface area is 156 Å². The van der Waals surface area contributed by atoms with Gasteiger partial charge in [0.25, 0.3) is 0 Å². The Morgan fingerprint density at radius 1 is 0.840 bits per heavy atom. The normalized spacial score (nSPS) is 17.7. The minimum Gasteiger partial charge on any atom is -0.399 e. The van der Waals surface area contributed by atoms with Gasteiger partial charge in [-0.05, 0) is 42.0 Å². The molecule has 2 aromatic heterocycles. The Morgan fingerprint density at radius 2 is 1.44 bits per heavy atom. The van der Waals surface area contributed by atoms with Gasteiger partial charge in [-0.2, -0.15) is 0 Å². The van der Waals surface area contributed by atoms with E-state index in [9.17, 15) is 0 Å². The lowest BCUT2D eigenvalue weighted by atomic mass is 9.96.